The first kappa shape index (κ1) is 14.7. The van der Waals surface area contributed by atoms with Crippen molar-refractivity contribution in [3.8, 4) is 5.95 Å². The van der Waals surface area contributed by atoms with E-state index in [-0.39, 0.29) is 5.91 Å². The number of anilines is 2. The Morgan fingerprint density at radius 2 is 2.10 bits per heavy atom. The monoisotopic (exact) mass is 290 g/mol. The Bertz CT molecular complexity index is 583. The second kappa shape index (κ2) is 7.17. The minimum Gasteiger partial charge on any atom is -0.370 e. The molecule has 2 aromatic rings. The van der Waals surface area contributed by atoms with Gasteiger partial charge in [0, 0.05) is 32.4 Å². The molecule has 2 aromatic heterocycles. The molecule has 2 heterocycles. The van der Waals surface area contributed by atoms with E-state index < -0.39 is 0 Å². The fraction of sp³-hybridized carbons (Fsp3) is 0.417. The molecule has 4 N–H and O–H groups in total. The summed E-state index contributed by atoms with van der Waals surface area (Å²) in [5.41, 5.74) is 5.09. The molecule has 0 aliphatic heterocycles. The van der Waals surface area contributed by atoms with E-state index in [1.54, 1.807) is 30.2 Å². The molecule has 0 atom stereocenters. The number of nitrogens with one attached hydrogen (secondary N) is 2. The standard InChI is InChI=1S/C12H18N8O/c1-14-10-17-11(15-6-3-2-5-9(13)21)19-12(18-10)20-8-4-7-16-20/h4,7-8H,2-3,5-6H2,1H3,(H2,13,21)(H2,14,15,17,18,19). The van der Waals surface area contributed by atoms with E-state index in [9.17, 15) is 4.79 Å². The second-order valence-corrected chi connectivity index (χ2v) is 4.33. The van der Waals surface area contributed by atoms with Crippen molar-refractivity contribution in [3.63, 3.8) is 0 Å². The topological polar surface area (TPSA) is 124 Å². The third-order valence-electron chi connectivity index (χ3n) is 2.69. The number of hydrogen-bond acceptors (Lipinski definition) is 7. The molecule has 0 radical (unpaired) electrons. The van der Waals surface area contributed by atoms with Crippen LogP contribution >= 0.6 is 0 Å². The van der Waals surface area contributed by atoms with Crippen molar-refractivity contribution in [3.05, 3.63) is 18.5 Å². The lowest BCUT2D eigenvalue weighted by Crippen LogP contribution is -2.13. The van der Waals surface area contributed by atoms with E-state index in [1.165, 1.54) is 0 Å². The van der Waals surface area contributed by atoms with E-state index >= 15 is 0 Å². The van der Waals surface area contributed by atoms with E-state index in [0.29, 0.717) is 30.8 Å². The first-order valence-electron chi connectivity index (χ1n) is 6.65. The molecule has 0 bridgehead atoms. The van der Waals surface area contributed by atoms with Gasteiger partial charge in [0.2, 0.25) is 17.8 Å². The van der Waals surface area contributed by atoms with Crippen molar-refractivity contribution in [1.82, 2.24) is 24.7 Å². The molecule has 0 saturated heterocycles. The summed E-state index contributed by atoms with van der Waals surface area (Å²) in [7, 11) is 1.73. The molecule has 0 fully saturated rings. The van der Waals surface area contributed by atoms with Crippen molar-refractivity contribution in [2.45, 2.75) is 19.3 Å². The molecule has 112 valence electrons. The van der Waals surface area contributed by atoms with E-state index in [2.05, 4.69) is 30.7 Å². The molecular formula is C12H18N8O. The number of primary amides is 1. The zero-order valence-electron chi connectivity index (χ0n) is 11.8. The van der Waals surface area contributed by atoms with Gasteiger partial charge in [-0.15, -0.1) is 0 Å². The van der Waals surface area contributed by atoms with Crippen LogP contribution in [-0.4, -0.2) is 44.2 Å². The van der Waals surface area contributed by atoms with Gasteiger partial charge in [-0.25, -0.2) is 4.68 Å². The van der Waals surface area contributed by atoms with Crippen LogP contribution < -0.4 is 16.4 Å². The van der Waals surface area contributed by atoms with Gasteiger partial charge in [-0.2, -0.15) is 20.1 Å². The lowest BCUT2D eigenvalue weighted by Gasteiger charge is -2.08. The number of aromatic nitrogens is 5. The highest BCUT2D eigenvalue weighted by atomic mass is 16.1. The first-order chi connectivity index (χ1) is 10.2. The predicted octanol–water partition coefficient (Wildman–Crippen LogP) is 0.167. The molecule has 9 nitrogen and oxygen atoms in total. The van der Waals surface area contributed by atoms with Crippen LogP contribution in [0.2, 0.25) is 0 Å². The summed E-state index contributed by atoms with van der Waals surface area (Å²) in [6.45, 7) is 0.652. The van der Waals surface area contributed by atoms with Crippen LogP contribution in [-0.2, 0) is 4.79 Å². The summed E-state index contributed by atoms with van der Waals surface area (Å²) in [5.74, 6) is 1.06. The molecular weight excluding hydrogens is 272 g/mol. The van der Waals surface area contributed by atoms with Gasteiger partial charge in [-0.3, -0.25) is 4.79 Å². The van der Waals surface area contributed by atoms with Gasteiger partial charge in [0.15, 0.2) is 0 Å². The van der Waals surface area contributed by atoms with Crippen LogP contribution in [0.3, 0.4) is 0 Å². The summed E-state index contributed by atoms with van der Waals surface area (Å²) in [4.78, 5) is 23.4. The normalized spacial score (nSPS) is 10.3. The van der Waals surface area contributed by atoms with Crippen molar-refractivity contribution < 1.29 is 4.79 Å². The van der Waals surface area contributed by atoms with Crippen molar-refractivity contribution in [2.24, 2.45) is 5.73 Å². The van der Waals surface area contributed by atoms with Crippen LogP contribution in [0.5, 0.6) is 0 Å². The number of hydrogen-bond donors (Lipinski definition) is 3. The summed E-state index contributed by atoms with van der Waals surface area (Å²) in [6, 6.07) is 1.79. The minimum absolute atomic E-state index is 0.284. The molecule has 1 amide bonds. The summed E-state index contributed by atoms with van der Waals surface area (Å²) >= 11 is 0. The quantitative estimate of drug-likeness (QED) is 0.592. The Kier molecular flexibility index (Phi) is 5.02. The highest BCUT2D eigenvalue weighted by Gasteiger charge is 2.07. The van der Waals surface area contributed by atoms with Gasteiger partial charge in [0.05, 0.1) is 0 Å². The molecule has 21 heavy (non-hydrogen) atoms. The van der Waals surface area contributed by atoms with Crippen molar-refractivity contribution in [1.29, 1.82) is 0 Å². The number of nitrogens with zero attached hydrogens (tertiary/aromatic N) is 5. The molecule has 9 heteroatoms. The number of unbranched alkanes of at least 4 members (excludes halogenated alkanes) is 1. The third kappa shape index (κ3) is 4.41. The maximum atomic E-state index is 10.6. The Morgan fingerprint density at radius 3 is 2.76 bits per heavy atom. The molecule has 0 aliphatic carbocycles. The maximum Gasteiger partial charge on any atom is 0.257 e. The lowest BCUT2D eigenvalue weighted by atomic mass is 10.2. The number of amides is 1. The van der Waals surface area contributed by atoms with Crippen molar-refractivity contribution >= 4 is 17.8 Å². The fourth-order valence-electron chi connectivity index (χ4n) is 1.67. The Labute approximate surface area is 122 Å². The highest BCUT2D eigenvalue weighted by molar-refractivity contribution is 5.73. The van der Waals surface area contributed by atoms with E-state index in [0.717, 1.165) is 12.8 Å². The third-order valence-corrected chi connectivity index (χ3v) is 2.69. The van der Waals surface area contributed by atoms with Gasteiger partial charge in [0.25, 0.3) is 5.95 Å². The number of nitrogens with two attached hydrogens (primary N) is 1. The summed E-state index contributed by atoms with van der Waals surface area (Å²) < 4.78 is 1.56. The van der Waals surface area contributed by atoms with Crippen LogP contribution in [0.25, 0.3) is 5.95 Å². The number of rotatable bonds is 8. The summed E-state index contributed by atoms with van der Waals surface area (Å²) in [5, 5.41) is 10.1. The molecule has 0 aromatic carbocycles. The Morgan fingerprint density at radius 1 is 1.29 bits per heavy atom. The fourth-order valence-corrected chi connectivity index (χ4v) is 1.67. The van der Waals surface area contributed by atoms with Gasteiger partial charge < -0.3 is 16.4 Å². The average Bonchev–Trinajstić information content (AvgIpc) is 3.00. The van der Waals surface area contributed by atoms with Crippen LogP contribution in [0.15, 0.2) is 18.5 Å². The zero-order valence-corrected chi connectivity index (χ0v) is 11.8. The Balaban J connectivity index is 1.99. The van der Waals surface area contributed by atoms with E-state index in [4.69, 9.17) is 5.73 Å². The molecule has 0 unspecified atom stereocenters. The van der Waals surface area contributed by atoms with Crippen molar-refractivity contribution in [2.75, 3.05) is 24.2 Å². The average molecular weight is 290 g/mol. The smallest absolute Gasteiger partial charge is 0.257 e. The Hall–Kier alpha value is -2.71. The van der Waals surface area contributed by atoms with Gasteiger partial charge in [0.1, 0.15) is 0 Å². The highest BCUT2D eigenvalue weighted by Crippen LogP contribution is 2.08. The summed E-state index contributed by atoms with van der Waals surface area (Å²) in [6.07, 6.45) is 5.34. The molecule has 2 rings (SSSR count). The van der Waals surface area contributed by atoms with Crippen LogP contribution in [0, 0.1) is 0 Å². The maximum absolute atomic E-state index is 10.6. The van der Waals surface area contributed by atoms with E-state index in [1.807, 2.05) is 0 Å². The van der Waals surface area contributed by atoms with Crippen LogP contribution in [0.4, 0.5) is 11.9 Å². The van der Waals surface area contributed by atoms with Gasteiger partial charge in [-0.05, 0) is 18.9 Å². The zero-order chi connectivity index (χ0) is 15.1. The minimum atomic E-state index is -0.284. The van der Waals surface area contributed by atoms with Crippen LogP contribution in [0.1, 0.15) is 19.3 Å². The SMILES string of the molecule is CNc1nc(NCCCCC(N)=O)nc(-n2cccn2)n1. The predicted molar refractivity (Wildman–Crippen MR) is 78.0 cm³/mol. The second-order valence-electron chi connectivity index (χ2n) is 4.33. The number of carbonyl (C=O) groups excluding carboxylic acids is 1. The largest absolute Gasteiger partial charge is 0.370 e. The van der Waals surface area contributed by atoms with Gasteiger partial charge in [-0.1, -0.05) is 0 Å². The number of carbonyl (C=O) groups is 1. The molecule has 0 aliphatic rings. The van der Waals surface area contributed by atoms with Gasteiger partial charge >= 0.3 is 0 Å². The molecule has 0 saturated carbocycles. The first-order valence-corrected chi connectivity index (χ1v) is 6.65. The lowest BCUT2D eigenvalue weighted by molar-refractivity contribution is -0.118. The molecule has 0 spiro atoms.